The van der Waals surface area contributed by atoms with Crippen LogP contribution in [0.2, 0.25) is 0 Å². The first-order valence-electron chi connectivity index (χ1n) is 12.6. The topological polar surface area (TPSA) is 38.8 Å². The molecule has 0 spiro atoms. The van der Waals surface area contributed by atoms with Crippen LogP contribution in [0.4, 0.5) is 0 Å². The molecular formula is C25H48O3. The highest BCUT2D eigenvalue weighted by molar-refractivity contribution is 5.69. The lowest BCUT2D eigenvalue weighted by atomic mass is 10.0. The van der Waals surface area contributed by atoms with Gasteiger partial charge in [0.25, 0.3) is 0 Å². The van der Waals surface area contributed by atoms with Crippen molar-refractivity contribution in [1.29, 1.82) is 0 Å². The molecule has 1 fully saturated rings. The van der Waals surface area contributed by atoms with Crippen LogP contribution in [0.15, 0.2) is 0 Å². The summed E-state index contributed by atoms with van der Waals surface area (Å²) in [7, 11) is 0. The summed E-state index contributed by atoms with van der Waals surface area (Å²) in [6, 6.07) is 0. The smallest absolute Gasteiger partial charge is 0.306 e. The molecular weight excluding hydrogens is 348 g/mol. The Kier molecular flexibility index (Phi) is 16.8. The van der Waals surface area contributed by atoms with Gasteiger partial charge in [0.05, 0.1) is 12.7 Å². The first kappa shape index (κ1) is 25.5. The average Bonchev–Trinajstić information content (AvgIpc) is 3.51. The Bertz CT molecular complexity index is 336. The quantitative estimate of drug-likeness (QED) is 0.113. The molecule has 0 aromatic heterocycles. The number of unbranched alkanes of at least 4 members (excludes halogenated alkanes) is 12. The van der Waals surface area contributed by atoms with E-state index in [1.807, 2.05) is 0 Å². The maximum atomic E-state index is 12.3. The second kappa shape index (κ2) is 18.5. The summed E-state index contributed by atoms with van der Waals surface area (Å²) in [6.45, 7) is 5.46. The van der Waals surface area contributed by atoms with Gasteiger partial charge in [0.15, 0.2) is 0 Å². The summed E-state index contributed by atoms with van der Waals surface area (Å²) in [6.07, 6.45) is 23.5. The van der Waals surface area contributed by atoms with Crippen molar-refractivity contribution >= 4 is 5.97 Å². The van der Waals surface area contributed by atoms with Crippen LogP contribution in [-0.4, -0.2) is 24.8 Å². The van der Waals surface area contributed by atoms with E-state index in [9.17, 15) is 4.79 Å². The SMILES string of the molecule is CCCCCCCCC(CCCCCCCC)OC(=O)CCCCCC1CO1. The molecule has 1 unspecified atom stereocenters. The van der Waals surface area contributed by atoms with Crippen molar-refractivity contribution < 1.29 is 14.3 Å². The highest BCUT2D eigenvalue weighted by Crippen LogP contribution is 2.19. The molecule has 1 aliphatic rings. The molecule has 3 heteroatoms. The molecule has 0 aliphatic carbocycles. The molecule has 3 nitrogen and oxygen atoms in total. The number of epoxide rings is 1. The van der Waals surface area contributed by atoms with Crippen molar-refractivity contribution in [2.24, 2.45) is 0 Å². The van der Waals surface area contributed by atoms with E-state index < -0.39 is 0 Å². The molecule has 1 rings (SSSR count). The van der Waals surface area contributed by atoms with Crippen molar-refractivity contribution in [2.45, 2.75) is 148 Å². The molecule has 1 saturated heterocycles. The molecule has 0 N–H and O–H groups in total. The first-order valence-corrected chi connectivity index (χ1v) is 12.6. The van der Waals surface area contributed by atoms with Gasteiger partial charge in [-0.1, -0.05) is 90.9 Å². The normalized spacial score (nSPS) is 15.9. The molecule has 28 heavy (non-hydrogen) atoms. The number of carbonyl (C=O) groups is 1. The van der Waals surface area contributed by atoms with Crippen molar-refractivity contribution in [3.63, 3.8) is 0 Å². The third kappa shape index (κ3) is 16.4. The predicted molar refractivity (Wildman–Crippen MR) is 119 cm³/mol. The van der Waals surface area contributed by atoms with E-state index in [1.54, 1.807) is 0 Å². The average molecular weight is 397 g/mol. The van der Waals surface area contributed by atoms with Gasteiger partial charge >= 0.3 is 5.97 Å². The number of esters is 1. The molecule has 166 valence electrons. The van der Waals surface area contributed by atoms with Crippen LogP contribution in [0, 0.1) is 0 Å². The maximum Gasteiger partial charge on any atom is 0.306 e. The van der Waals surface area contributed by atoms with E-state index in [4.69, 9.17) is 9.47 Å². The summed E-state index contributed by atoms with van der Waals surface area (Å²) in [5.41, 5.74) is 0. The Balaban J connectivity index is 2.14. The van der Waals surface area contributed by atoms with E-state index in [-0.39, 0.29) is 12.1 Å². The predicted octanol–water partition coefficient (Wildman–Crippen LogP) is 7.75. The van der Waals surface area contributed by atoms with Crippen LogP contribution >= 0.6 is 0 Å². The van der Waals surface area contributed by atoms with Gasteiger partial charge in [-0.3, -0.25) is 4.79 Å². The van der Waals surface area contributed by atoms with E-state index in [1.165, 1.54) is 83.5 Å². The van der Waals surface area contributed by atoms with Crippen LogP contribution < -0.4 is 0 Å². The summed E-state index contributed by atoms with van der Waals surface area (Å²) < 4.78 is 11.1. The fourth-order valence-electron chi connectivity index (χ4n) is 3.86. The second-order valence-corrected chi connectivity index (χ2v) is 8.78. The lowest BCUT2D eigenvalue weighted by molar-refractivity contribution is -0.150. The van der Waals surface area contributed by atoms with E-state index in [0.29, 0.717) is 12.5 Å². The molecule has 1 heterocycles. The minimum absolute atomic E-state index is 0.0321. The Morgan fingerprint density at radius 3 is 1.82 bits per heavy atom. The fourth-order valence-corrected chi connectivity index (χ4v) is 3.86. The minimum Gasteiger partial charge on any atom is -0.462 e. The van der Waals surface area contributed by atoms with E-state index in [0.717, 1.165) is 38.7 Å². The van der Waals surface area contributed by atoms with Crippen molar-refractivity contribution in [1.82, 2.24) is 0 Å². The van der Waals surface area contributed by atoms with Gasteiger partial charge in [0.2, 0.25) is 0 Å². The molecule has 1 atom stereocenters. The van der Waals surface area contributed by atoms with Crippen LogP contribution in [0.1, 0.15) is 136 Å². The summed E-state index contributed by atoms with van der Waals surface area (Å²) >= 11 is 0. The van der Waals surface area contributed by atoms with Crippen LogP contribution in [0.3, 0.4) is 0 Å². The summed E-state index contributed by atoms with van der Waals surface area (Å²) in [5.74, 6) is 0.0321. The Labute approximate surface area is 175 Å². The Hall–Kier alpha value is -0.570. The van der Waals surface area contributed by atoms with Crippen molar-refractivity contribution in [2.75, 3.05) is 6.61 Å². The standard InChI is InChI=1S/C25H48O3/c1-3-5-7-9-11-14-18-23(19-15-12-10-8-6-4-2)28-25(26)21-17-13-16-20-24-22-27-24/h23-24H,3-22H2,1-2H3. The lowest BCUT2D eigenvalue weighted by Gasteiger charge is -2.18. The molecule has 0 radical (unpaired) electrons. The van der Waals surface area contributed by atoms with Crippen molar-refractivity contribution in [3.05, 3.63) is 0 Å². The van der Waals surface area contributed by atoms with Gasteiger partial charge in [-0.25, -0.2) is 0 Å². The number of ether oxygens (including phenoxy) is 2. The van der Waals surface area contributed by atoms with E-state index >= 15 is 0 Å². The zero-order valence-electron chi connectivity index (χ0n) is 19.0. The summed E-state index contributed by atoms with van der Waals surface area (Å²) in [4.78, 5) is 12.3. The zero-order chi connectivity index (χ0) is 20.3. The summed E-state index contributed by atoms with van der Waals surface area (Å²) in [5, 5.41) is 0. The minimum atomic E-state index is 0.0321. The van der Waals surface area contributed by atoms with Gasteiger partial charge in [-0.15, -0.1) is 0 Å². The van der Waals surface area contributed by atoms with Gasteiger partial charge in [-0.2, -0.15) is 0 Å². The largest absolute Gasteiger partial charge is 0.462 e. The van der Waals surface area contributed by atoms with Gasteiger partial charge < -0.3 is 9.47 Å². The van der Waals surface area contributed by atoms with Crippen LogP contribution in [-0.2, 0) is 14.3 Å². The third-order valence-corrected chi connectivity index (χ3v) is 5.87. The van der Waals surface area contributed by atoms with Gasteiger partial charge in [-0.05, 0) is 38.5 Å². The molecule has 1 aliphatic heterocycles. The number of rotatable bonds is 21. The number of hydrogen-bond donors (Lipinski definition) is 0. The van der Waals surface area contributed by atoms with Crippen molar-refractivity contribution in [3.8, 4) is 0 Å². The van der Waals surface area contributed by atoms with Crippen LogP contribution in [0.25, 0.3) is 0 Å². The molecule has 0 aromatic rings. The maximum absolute atomic E-state index is 12.3. The van der Waals surface area contributed by atoms with Crippen LogP contribution in [0.5, 0.6) is 0 Å². The monoisotopic (exact) mass is 396 g/mol. The highest BCUT2D eigenvalue weighted by Gasteiger charge is 2.21. The molecule has 0 aromatic carbocycles. The third-order valence-electron chi connectivity index (χ3n) is 5.87. The molecule has 0 bridgehead atoms. The van der Waals surface area contributed by atoms with E-state index in [2.05, 4.69) is 13.8 Å². The highest BCUT2D eigenvalue weighted by atomic mass is 16.6. The Morgan fingerprint density at radius 2 is 1.29 bits per heavy atom. The number of carbonyl (C=O) groups excluding carboxylic acids is 1. The van der Waals surface area contributed by atoms with Gasteiger partial charge in [0.1, 0.15) is 6.10 Å². The number of hydrogen-bond acceptors (Lipinski definition) is 3. The molecule has 0 amide bonds. The second-order valence-electron chi connectivity index (χ2n) is 8.78. The molecule has 0 saturated carbocycles. The van der Waals surface area contributed by atoms with Gasteiger partial charge in [0, 0.05) is 6.42 Å². The zero-order valence-corrected chi connectivity index (χ0v) is 19.0. The lowest BCUT2D eigenvalue weighted by Crippen LogP contribution is -2.18. The first-order chi connectivity index (χ1) is 13.8. The fraction of sp³-hybridized carbons (Fsp3) is 0.960. The Morgan fingerprint density at radius 1 is 0.786 bits per heavy atom.